The van der Waals surface area contributed by atoms with Gasteiger partial charge in [0.05, 0.1) is 0 Å². The van der Waals surface area contributed by atoms with E-state index in [1.54, 1.807) is 11.8 Å². The summed E-state index contributed by atoms with van der Waals surface area (Å²) in [5.41, 5.74) is 1.33. The Morgan fingerprint density at radius 3 is 2.23 bits per heavy atom. The van der Waals surface area contributed by atoms with Gasteiger partial charge in [-0.2, -0.15) is 0 Å². The first-order valence-electron chi connectivity index (χ1n) is 7.87. The third-order valence-corrected chi connectivity index (χ3v) is 5.86. The highest BCUT2D eigenvalue weighted by Gasteiger charge is 2.36. The number of nitrogens with one attached hydrogen (secondary N) is 1. The Hall–Kier alpha value is -0.710. The number of benzene rings is 1. The fourth-order valence-corrected chi connectivity index (χ4v) is 3.97. The van der Waals surface area contributed by atoms with Crippen molar-refractivity contribution < 1.29 is 4.79 Å². The van der Waals surface area contributed by atoms with Gasteiger partial charge in [0.2, 0.25) is 0 Å². The number of hydrogen-bond donors (Lipinski definition) is 1. The number of thioether (sulfide) groups is 1. The van der Waals surface area contributed by atoms with Gasteiger partial charge in [-0.1, -0.05) is 0 Å². The van der Waals surface area contributed by atoms with Crippen molar-refractivity contribution in [3.8, 4) is 0 Å². The van der Waals surface area contributed by atoms with Crippen molar-refractivity contribution in [2.45, 2.75) is 30.6 Å². The van der Waals surface area contributed by atoms with E-state index in [9.17, 15) is 4.79 Å². The standard InChI is InChI=1S/C17H24N2OS.ClH/c1-21-15-4-2-14(3-5-15)16(20)19-12-8-17(9-13-19)6-10-18-11-7-17;/h2-5,18H,6-13H2,1H3;1H. The molecule has 1 spiro atoms. The molecule has 0 saturated carbocycles. The normalized spacial score (nSPS) is 20.5. The van der Waals surface area contributed by atoms with Crippen molar-refractivity contribution in [3.63, 3.8) is 0 Å². The van der Waals surface area contributed by atoms with Crippen LogP contribution in [-0.2, 0) is 0 Å². The molecule has 22 heavy (non-hydrogen) atoms. The number of carbonyl (C=O) groups is 1. The van der Waals surface area contributed by atoms with E-state index in [-0.39, 0.29) is 18.3 Å². The van der Waals surface area contributed by atoms with Crippen molar-refractivity contribution >= 4 is 30.1 Å². The van der Waals surface area contributed by atoms with Gasteiger partial charge < -0.3 is 10.2 Å². The summed E-state index contributed by atoms with van der Waals surface area (Å²) >= 11 is 1.71. The van der Waals surface area contributed by atoms with Crippen LogP contribution in [-0.4, -0.2) is 43.2 Å². The molecule has 0 aliphatic carbocycles. The number of rotatable bonds is 2. The predicted octanol–water partition coefficient (Wildman–Crippen LogP) is 3.44. The van der Waals surface area contributed by atoms with Gasteiger partial charge in [-0.3, -0.25) is 4.79 Å². The van der Waals surface area contributed by atoms with Crippen molar-refractivity contribution in [1.29, 1.82) is 0 Å². The van der Waals surface area contributed by atoms with Crippen LogP contribution in [0.4, 0.5) is 0 Å². The Balaban J connectivity index is 0.00000176. The molecule has 5 heteroatoms. The molecule has 1 aromatic carbocycles. The fraction of sp³-hybridized carbons (Fsp3) is 0.588. The minimum atomic E-state index is 0. The minimum absolute atomic E-state index is 0. The molecule has 2 aliphatic heterocycles. The lowest BCUT2D eigenvalue weighted by Gasteiger charge is -2.44. The molecule has 3 rings (SSSR count). The van der Waals surface area contributed by atoms with E-state index in [0.717, 1.165) is 31.7 Å². The van der Waals surface area contributed by atoms with Crippen LogP contribution in [0.15, 0.2) is 29.2 Å². The van der Waals surface area contributed by atoms with Crippen LogP contribution in [0, 0.1) is 5.41 Å². The zero-order valence-corrected chi connectivity index (χ0v) is 14.8. The first kappa shape index (κ1) is 17.6. The second kappa shape index (κ2) is 7.71. The number of nitrogens with zero attached hydrogens (tertiary/aromatic N) is 1. The molecule has 1 amide bonds. The summed E-state index contributed by atoms with van der Waals surface area (Å²) < 4.78 is 0. The molecular formula is C17H25ClN2OS. The highest BCUT2D eigenvalue weighted by Crippen LogP contribution is 2.39. The summed E-state index contributed by atoms with van der Waals surface area (Å²) in [7, 11) is 0. The predicted molar refractivity (Wildman–Crippen MR) is 95.1 cm³/mol. The number of amides is 1. The lowest BCUT2D eigenvalue weighted by atomic mass is 9.71. The number of piperidine rings is 2. The quantitative estimate of drug-likeness (QED) is 0.837. The lowest BCUT2D eigenvalue weighted by Crippen LogP contribution is -2.47. The molecule has 0 atom stereocenters. The van der Waals surface area contributed by atoms with E-state index in [1.807, 2.05) is 29.2 Å². The van der Waals surface area contributed by atoms with Crippen molar-refractivity contribution in [2.75, 3.05) is 32.4 Å². The summed E-state index contributed by atoms with van der Waals surface area (Å²) in [6.07, 6.45) is 6.95. The largest absolute Gasteiger partial charge is 0.339 e. The number of carbonyl (C=O) groups excluding carboxylic acids is 1. The topological polar surface area (TPSA) is 32.3 Å². The van der Waals surface area contributed by atoms with Gasteiger partial charge in [0.25, 0.3) is 5.91 Å². The maximum Gasteiger partial charge on any atom is 0.253 e. The zero-order chi connectivity index (χ0) is 14.7. The SMILES string of the molecule is CSc1ccc(C(=O)N2CCC3(CCNCC3)CC2)cc1.Cl. The summed E-state index contributed by atoms with van der Waals surface area (Å²) in [5, 5.41) is 3.44. The van der Waals surface area contributed by atoms with Gasteiger partial charge in [-0.15, -0.1) is 24.2 Å². The maximum absolute atomic E-state index is 12.6. The summed E-state index contributed by atoms with van der Waals surface area (Å²) in [6, 6.07) is 8.00. The van der Waals surface area contributed by atoms with Crippen LogP contribution >= 0.6 is 24.2 Å². The molecule has 1 aromatic rings. The van der Waals surface area contributed by atoms with Gasteiger partial charge in [-0.05, 0) is 74.7 Å². The molecule has 2 saturated heterocycles. The molecule has 122 valence electrons. The number of hydrogen-bond acceptors (Lipinski definition) is 3. The van der Waals surface area contributed by atoms with Gasteiger partial charge >= 0.3 is 0 Å². The summed E-state index contributed by atoms with van der Waals surface area (Å²) in [5.74, 6) is 0.200. The molecule has 2 fully saturated rings. The van der Waals surface area contributed by atoms with Crippen LogP contribution in [0.5, 0.6) is 0 Å². The van der Waals surface area contributed by atoms with E-state index in [1.165, 1.54) is 30.6 Å². The smallest absolute Gasteiger partial charge is 0.253 e. The molecule has 2 aliphatic rings. The van der Waals surface area contributed by atoms with Crippen LogP contribution in [0.3, 0.4) is 0 Å². The molecule has 3 nitrogen and oxygen atoms in total. The molecule has 2 heterocycles. The minimum Gasteiger partial charge on any atom is -0.339 e. The second-order valence-corrected chi connectivity index (χ2v) is 7.15. The fourth-order valence-electron chi connectivity index (χ4n) is 3.56. The Labute approximate surface area is 143 Å². The molecule has 1 N–H and O–H groups in total. The third-order valence-electron chi connectivity index (χ3n) is 5.11. The van der Waals surface area contributed by atoms with E-state index >= 15 is 0 Å². The number of halogens is 1. The van der Waals surface area contributed by atoms with Crippen LogP contribution in [0.25, 0.3) is 0 Å². The Morgan fingerprint density at radius 2 is 1.68 bits per heavy atom. The number of likely N-dealkylation sites (tertiary alicyclic amines) is 1. The Kier molecular flexibility index (Phi) is 6.18. The Bertz CT molecular complexity index is 490. The zero-order valence-electron chi connectivity index (χ0n) is 13.1. The molecule has 0 radical (unpaired) electrons. The van der Waals surface area contributed by atoms with Gasteiger partial charge in [0.1, 0.15) is 0 Å². The first-order valence-corrected chi connectivity index (χ1v) is 9.09. The van der Waals surface area contributed by atoms with Crippen molar-refractivity contribution in [1.82, 2.24) is 10.2 Å². The average molecular weight is 341 g/mol. The molecule has 0 bridgehead atoms. The maximum atomic E-state index is 12.6. The van der Waals surface area contributed by atoms with Gasteiger partial charge in [-0.25, -0.2) is 0 Å². The monoisotopic (exact) mass is 340 g/mol. The summed E-state index contributed by atoms with van der Waals surface area (Å²) in [4.78, 5) is 15.8. The first-order chi connectivity index (χ1) is 10.2. The van der Waals surface area contributed by atoms with Gasteiger partial charge in [0.15, 0.2) is 0 Å². The highest BCUT2D eigenvalue weighted by atomic mass is 35.5. The van der Waals surface area contributed by atoms with Crippen LogP contribution in [0.1, 0.15) is 36.0 Å². The van der Waals surface area contributed by atoms with Crippen molar-refractivity contribution in [3.05, 3.63) is 29.8 Å². The van der Waals surface area contributed by atoms with Crippen LogP contribution < -0.4 is 5.32 Å². The second-order valence-electron chi connectivity index (χ2n) is 6.27. The summed E-state index contributed by atoms with van der Waals surface area (Å²) in [6.45, 7) is 4.13. The highest BCUT2D eigenvalue weighted by molar-refractivity contribution is 7.98. The molecule has 0 unspecified atom stereocenters. The van der Waals surface area contributed by atoms with Gasteiger partial charge in [0, 0.05) is 23.5 Å². The molecular weight excluding hydrogens is 316 g/mol. The van der Waals surface area contributed by atoms with Crippen molar-refractivity contribution in [2.24, 2.45) is 5.41 Å². The van der Waals surface area contributed by atoms with Crippen LogP contribution in [0.2, 0.25) is 0 Å². The van der Waals surface area contributed by atoms with E-state index < -0.39 is 0 Å². The van der Waals surface area contributed by atoms with E-state index in [0.29, 0.717) is 5.41 Å². The lowest BCUT2D eigenvalue weighted by molar-refractivity contribution is 0.0495. The van der Waals surface area contributed by atoms with E-state index in [2.05, 4.69) is 11.6 Å². The third kappa shape index (κ3) is 3.79. The molecule has 0 aromatic heterocycles. The Morgan fingerprint density at radius 1 is 1.09 bits per heavy atom. The average Bonchev–Trinajstić information content (AvgIpc) is 2.56. The van der Waals surface area contributed by atoms with E-state index in [4.69, 9.17) is 0 Å².